The van der Waals surface area contributed by atoms with Gasteiger partial charge in [0, 0.05) is 32.2 Å². The summed E-state index contributed by atoms with van der Waals surface area (Å²) >= 11 is 6.40. The highest BCUT2D eigenvalue weighted by molar-refractivity contribution is 6.31. The number of anilines is 2. The molecule has 1 aromatic heterocycles. The number of nitrogens with one attached hydrogen (secondary N) is 1. The molecular weight excluding hydrogens is 334 g/mol. The zero-order valence-corrected chi connectivity index (χ0v) is 16.8. The third kappa shape index (κ3) is 5.13. The molecule has 0 aliphatic carbocycles. The zero-order valence-electron chi connectivity index (χ0n) is 16.0. The molecule has 0 bridgehead atoms. The van der Waals surface area contributed by atoms with Crippen molar-refractivity contribution in [3.8, 4) is 0 Å². The predicted molar refractivity (Wildman–Crippen MR) is 108 cm³/mol. The molecule has 0 aliphatic heterocycles. The summed E-state index contributed by atoms with van der Waals surface area (Å²) in [7, 11) is 8.24. The Hall–Kier alpha value is -1.72. The maximum atomic E-state index is 6.40. The van der Waals surface area contributed by atoms with Crippen molar-refractivity contribution in [2.75, 3.05) is 51.5 Å². The van der Waals surface area contributed by atoms with Gasteiger partial charge in [-0.05, 0) is 32.1 Å². The molecule has 1 heterocycles. The van der Waals surface area contributed by atoms with Crippen LogP contribution in [0.25, 0.3) is 0 Å². The molecule has 1 N–H and O–H groups in total. The Bertz CT molecular complexity index is 678. The Balaban J connectivity index is 2.39. The third-order valence-electron chi connectivity index (χ3n) is 4.09. The molecule has 138 valence electrons. The Morgan fingerprint density at radius 1 is 1.16 bits per heavy atom. The van der Waals surface area contributed by atoms with Crippen LogP contribution in [0.5, 0.6) is 0 Å². The summed E-state index contributed by atoms with van der Waals surface area (Å²) in [5.74, 6) is 1.94. The average Bonchev–Trinajstić information content (AvgIpc) is 2.88. The Morgan fingerprint density at radius 3 is 2.48 bits per heavy atom. The van der Waals surface area contributed by atoms with E-state index in [-0.39, 0.29) is 0 Å². The highest BCUT2D eigenvalue weighted by Crippen LogP contribution is 2.27. The summed E-state index contributed by atoms with van der Waals surface area (Å²) in [4.78, 5) is 9.12. The fourth-order valence-electron chi connectivity index (χ4n) is 2.81. The Kier molecular flexibility index (Phi) is 7.14. The van der Waals surface area contributed by atoms with Crippen molar-refractivity contribution < 1.29 is 0 Å². The lowest BCUT2D eigenvalue weighted by Gasteiger charge is -2.16. The molecule has 0 amide bonds. The number of imidazole rings is 1. The van der Waals surface area contributed by atoms with E-state index in [4.69, 9.17) is 16.6 Å². The van der Waals surface area contributed by atoms with Crippen LogP contribution >= 0.6 is 11.6 Å². The van der Waals surface area contributed by atoms with Crippen molar-refractivity contribution in [2.45, 2.75) is 26.3 Å². The van der Waals surface area contributed by atoms with Crippen molar-refractivity contribution in [3.63, 3.8) is 0 Å². The molecule has 0 saturated carbocycles. The van der Waals surface area contributed by atoms with Crippen LogP contribution in [0.3, 0.4) is 0 Å². The minimum atomic E-state index is 0.722. The molecule has 0 atom stereocenters. The van der Waals surface area contributed by atoms with Crippen LogP contribution in [0.2, 0.25) is 5.02 Å². The second-order valence-electron chi connectivity index (χ2n) is 6.76. The number of hydrogen-bond donors (Lipinski definition) is 1. The molecule has 6 heteroatoms. The van der Waals surface area contributed by atoms with Crippen LogP contribution in [0, 0.1) is 0 Å². The van der Waals surface area contributed by atoms with E-state index >= 15 is 0 Å². The van der Waals surface area contributed by atoms with Crippen molar-refractivity contribution in [3.05, 3.63) is 40.5 Å². The second-order valence-corrected chi connectivity index (χ2v) is 7.16. The van der Waals surface area contributed by atoms with Gasteiger partial charge in [0.15, 0.2) is 5.82 Å². The van der Waals surface area contributed by atoms with Crippen LogP contribution < -0.4 is 10.2 Å². The number of rotatable bonds is 9. The monoisotopic (exact) mass is 363 g/mol. The van der Waals surface area contributed by atoms with Crippen LogP contribution in [0.1, 0.15) is 24.6 Å². The summed E-state index contributed by atoms with van der Waals surface area (Å²) in [6.45, 7) is 4.73. The van der Waals surface area contributed by atoms with Crippen molar-refractivity contribution in [1.82, 2.24) is 14.5 Å². The maximum absolute atomic E-state index is 6.40. The van der Waals surface area contributed by atoms with E-state index in [1.807, 2.05) is 32.3 Å². The minimum absolute atomic E-state index is 0.722. The predicted octanol–water partition coefficient (Wildman–Crippen LogP) is 3.58. The normalized spacial score (nSPS) is 11.2. The summed E-state index contributed by atoms with van der Waals surface area (Å²) in [6, 6.07) is 8.02. The van der Waals surface area contributed by atoms with Gasteiger partial charge in [0.25, 0.3) is 0 Å². The van der Waals surface area contributed by atoms with Gasteiger partial charge < -0.3 is 19.7 Å². The molecule has 5 nitrogen and oxygen atoms in total. The third-order valence-corrected chi connectivity index (χ3v) is 4.46. The van der Waals surface area contributed by atoms with Crippen molar-refractivity contribution in [2.24, 2.45) is 0 Å². The number of likely N-dealkylation sites (N-methyl/N-ethyl adjacent to an activating group) is 1. The van der Waals surface area contributed by atoms with Gasteiger partial charge in [-0.2, -0.15) is 4.98 Å². The smallest absolute Gasteiger partial charge is 0.205 e. The SMILES string of the molecule is CCCc1c(N(C)C)nc(NCCN(C)C)n1Cc1ccccc1Cl. The van der Waals surface area contributed by atoms with Crippen molar-refractivity contribution >= 4 is 23.4 Å². The van der Waals surface area contributed by atoms with Gasteiger partial charge in [0.05, 0.1) is 12.2 Å². The summed E-state index contributed by atoms with van der Waals surface area (Å²) in [6.07, 6.45) is 2.06. The van der Waals surface area contributed by atoms with Crippen LogP contribution in [-0.2, 0) is 13.0 Å². The van der Waals surface area contributed by atoms with Crippen LogP contribution in [0.15, 0.2) is 24.3 Å². The molecule has 0 aliphatic rings. The second kappa shape index (κ2) is 9.11. The number of aromatic nitrogens is 2. The highest BCUT2D eigenvalue weighted by atomic mass is 35.5. The van der Waals surface area contributed by atoms with Gasteiger partial charge in [-0.3, -0.25) is 0 Å². The van der Waals surface area contributed by atoms with Gasteiger partial charge in [-0.1, -0.05) is 43.1 Å². The van der Waals surface area contributed by atoms with E-state index in [1.54, 1.807) is 0 Å². The summed E-state index contributed by atoms with van der Waals surface area (Å²) < 4.78 is 2.27. The summed E-state index contributed by atoms with van der Waals surface area (Å²) in [5, 5.41) is 4.29. The maximum Gasteiger partial charge on any atom is 0.205 e. The van der Waals surface area contributed by atoms with Gasteiger partial charge in [-0.15, -0.1) is 0 Å². The van der Waals surface area contributed by atoms with Gasteiger partial charge in [0.2, 0.25) is 5.95 Å². The molecular formula is C19H30ClN5. The topological polar surface area (TPSA) is 36.3 Å². The summed E-state index contributed by atoms with van der Waals surface area (Å²) in [5.41, 5.74) is 2.36. The lowest BCUT2D eigenvalue weighted by Crippen LogP contribution is -2.22. The fourth-order valence-corrected chi connectivity index (χ4v) is 3.00. The number of benzene rings is 1. The first kappa shape index (κ1) is 19.6. The highest BCUT2D eigenvalue weighted by Gasteiger charge is 2.18. The Labute approximate surface area is 156 Å². The molecule has 0 fully saturated rings. The molecule has 2 rings (SSSR count). The molecule has 0 unspecified atom stereocenters. The first-order valence-corrected chi connectivity index (χ1v) is 9.20. The largest absolute Gasteiger partial charge is 0.361 e. The van der Waals surface area contributed by atoms with Gasteiger partial charge in [-0.25, -0.2) is 0 Å². The molecule has 2 aromatic rings. The first-order valence-electron chi connectivity index (χ1n) is 8.82. The molecule has 1 aromatic carbocycles. The quantitative estimate of drug-likeness (QED) is 0.738. The lowest BCUT2D eigenvalue weighted by atomic mass is 10.2. The first-order chi connectivity index (χ1) is 11.9. The van der Waals surface area contributed by atoms with Crippen molar-refractivity contribution in [1.29, 1.82) is 0 Å². The number of nitrogens with zero attached hydrogens (tertiary/aromatic N) is 4. The van der Waals surface area contributed by atoms with E-state index in [0.29, 0.717) is 0 Å². The van der Waals surface area contributed by atoms with E-state index < -0.39 is 0 Å². The Morgan fingerprint density at radius 2 is 1.88 bits per heavy atom. The average molecular weight is 364 g/mol. The van der Waals surface area contributed by atoms with E-state index in [1.165, 1.54) is 5.69 Å². The molecule has 0 saturated heterocycles. The lowest BCUT2D eigenvalue weighted by molar-refractivity contribution is 0.424. The molecule has 25 heavy (non-hydrogen) atoms. The van der Waals surface area contributed by atoms with Gasteiger partial charge in [0.1, 0.15) is 0 Å². The van der Waals surface area contributed by atoms with Crippen LogP contribution in [-0.4, -0.2) is 55.7 Å². The van der Waals surface area contributed by atoms with E-state index in [2.05, 4.69) is 46.8 Å². The van der Waals surface area contributed by atoms with E-state index in [0.717, 1.165) is 54.8 Å². The van der Waals surface area contributed by atoms with Gasteiger partial charge >= 0.3 is 0 Å². The number of hydrogen-bond acceptors (Lipinski definition) is 4. The minimum Gasteiger partial charge on any atom is -0.361 e. The van der Waals surface area contributed by atoms with E-state index in [9.17, 15) is 0 Å². The molecule has 0 radical (unpaired) electrons. The van der Waals surface area contributed by atoms with Crippen LogP contribution in [0.4, 0.5) is 11.8 Å². The number of halogens is 1. The standard InChI is InChI=1S/C19H30ClN5/c1-6-9-17-18(24(4)5)22-19(21-12-13-23(2)3)25(17)14-15-10-7-8-11-16(15)20/h7-8,10-11H,6,9,12-14H2,1-5H3,(H,21,22). The zero-order chi connectivity index (χ0) is 18.4. The molecule has 0 spiro atoms. The fraction of sp³-hybridized carbons (Fsp3) is 0.526.